The molecule has 0 saturated carbocycles. The van der Waals surface area contributed by atoms with Gasteiger partial charge < -0.3 is 4.57 Å². The predicted molar refractivity (Wildman–Crippen MR) is 99.9 cm³/mol. The van der Waals surface area contributed by atoms with Crippen molar-refractivity contribution in [3.63, 3.8) is 0 Å². The van der Waals surface area contributed by atoms with E-state index in [2.05, 4.69) is 22.8 Å². The molecule has 2 aromatic carbocycles. The van der Waals surface area contributed by atoms with Crippen LogP contribution in [-0.2, 0) is 10.0 Å². The van der Waals surface area contributed by atoms with Crippen molar-refractivity contribution in [2.75, 3.05) is 19.3 Å². The molecule has 0 bridgehead atoms. The van der Waals surface area contributed by atoms with Crippen LogP contribution in [0.3, 0.4) is 0 Å². The van der Waals surface area contributed by atoms with Crippen LogP contribution in [0.1, 0.15) is 18.9 Å². The molecule has 1 aliphatic heterocycles. The minimum atomic E-state index is -3.11. The molecule has 2 heterocycles. The van der Waals surface area contributed by atoms with E-state index in [-0.39, 0.29) is 6.04 Å². The lowest BCUT2D eigenvalue weighted by atomic mass is 10.1. The highest BCUT2D eigenvalue weighted by Gasteiger charge is 2.28. The Hall–Kier alpha value is -2.18. The van der Waals surface area contributed by atoms with Gasteiger partial charge in [0.2, 0.25) is 10.0 Å². The van der Waals surface area contributed by atoms with Crippen molar-refractivity contribution in [2.45, 2.75) is 18.9 Å². The maximum Gasteiger partial charge on any atom is 0.211 e. The first-order valence-electron chi connectivity index (χ1n) is 8.51. The largest absolute Gasteiger partial charge is 0.321 e. The van der Waals surface area contributed by atoms with Crippen LogP contribution < -0.4 is 0 Å². The number of piperidine rings is 1. The average molecular weight is 355 g/mol. The summed E-state index contributed by atoms with van der Waals surface area (Å²) in [6.07, 6.45) is 2.88. The van der Waals surface area contributed by atoms with Gasteiger partial charge >= 0.3 is 0 Å². The monoisotopic (exact) mass is 355 g/mol. The summed E-state index contributed by atoms with van der Waals surface area (Å²) in [5.74, 6) is 0.958. The number of benzene rings is 2. The van der Waals surface area contributed by atoms with Crippen LogP contribution in [0.2, 0.25) is 0 Å². The summed E-state index contributed by atoms with van der Waals surface area (Å²) in [4.78, 5) is 4.86. The van der Waals surface area contributed by atoms with Gasteiger partial charge in [0, 0.05) is 24.7 Å². The number of sulfonamides is 1. The van der Waals surface area contributed by atoms with E-state index in [0.29, 0.717) is 13.1 Å². The smallest absolute Gasteiger partial charge is 0.211 e. The number of rotatable bonds is 3. The summed E-state index contributed by atoms with van der Waals surface area (Å²) in [6.45, 7) is 1.12. The number of hydrogen-bond acceptors (Lipinski definition) is 3. The molecule has 0 amide bonds. The van der Waals surface area contributed by atoms with E-state index in [9.17, 15) is 8.42 Å². The molecule has 0 aliphatic carbocycles. The number of fused-ring (bicyclic) bond motifs is 1. The Labute approximate surface area is 148 Å². The Morgan fingerprint density at radius 3 is 2.28 bits per heavy atom. The van der Waals surface area contributed by atoms with Crippen LogP contribution in [0.15, 0.2) is 54.6 Å². The van der Waals surface area contributed by atoms with Gasteiger partial charge in [-0.05, 0) is 25.0 Å². The van der Waals surface area contributed by atoms with Gasteiger partial charge in [0.15, 0.2) is 0 Å². The van der Waals surface area contributed by atoms with Gasteiger partial charge in [-0.1, -0.05) is 42.5 Å². The number of nitrogens with zero attached hydrogens (tertiary/aromatic N) is 3. The quantitative estimate of drug-likeness (QED) is 0.724. The van der Waals surface area contributed by atoms with Crippen molar-refractivity contribution < 1.29 is 8.42 Å². The summed E-state index contributed by atoms with van der Waals surface area (Å²) in [7, 11) is -3.11. The molecule has 0 spiro atoms. The third-order valence-electron chi connectivity index (χ3n) is 4.89. The highest BCUT2D eigenvalue weighted by molar-refractivity contribution is 7.88. The van der Waals surface area contributed by atoms with Gasteiger partial charge in [0.1, 0.15) is 5.82 Å². The van der Waals surface area contributed by atoms with E-state index in [1.165, 1.54) is 6.26 Å². The Morgan fingerprint density at radius 1 is 0.960 bits per heavy atom. The first kappa shape index (κ1) is 16.3. The molecule has 0 radical (unpaired) electrons. The zero-order valence-electron chi connectivity index (χ0n) is 14.2. The zero-order valence-corrected chi connectivity index (χ0v) is 15.0. The molecule has 1 fully saturated rings. The second-order valence-corrected chi connectivity index (χ2v) is 8.54. The lowest BCUT2D eigenvalue weighted by Crippen LogP contribution is -2.38. The standard InChI is InChI=1S/C19H21N3O2S/c1-25(23,24)21-13-11-16(12-14-21)22-18-10-6-5-9-17(18)20-19(22)15-7-3-2-4-8-15/h2-10,16H,11-14H2,1H3. The van der Waals surface area contributed by atoms with E-state index >= 15 is 0 Å². The third kappa shape index (κ3) is 3.07. The molecular formula is C19H21N3O2S. The Balaban J connectivity index is 1.76. The van der Waals surface area contributed by atoms with Crippen LogP contribution in [0.4, 0.5) is 0 Å². The van der Waals surface area contributed by atoms with Crippen molar-refractivity contribution in [3.8, 4) is 11.4 Å². The van der Waals surface area contributed by atoms with Gasteiger partial charge in [0.25, 0.3) is 0 Å². The van der Waals surface area contributed by atoms with Gasteiger partial charge in [-0.25, -0.2) is 17.7 Å². The normalized spacial score (nSPS) is 17.2. The van der Waals surface area contributed by atoms with Crippen LogP contribution in [0.5, 0.6) is 0 Å². The molecule has 5 nitrogen and oxygen atoms in total. The van der Waals surface area contributed by atoms with Crippen molar-refractivity contribution in [1.82, 2.24) is 13.9 Å². The van der Waals surface area contributed by atoms with E-state index in [1.54, 1.807) is 4.31 Å². The van der Waals surface area contributed by atoms with E-state index in [1.807, 2.05) is 36.4 Å². The van der Waals surface area contributed by atoms with Crippen LogP contribution in [-0.4, -0.2) is 41.6 Å². The van der Waals surface area contributed by atoms with Crippen LogP contribution >= 0.6 is 0 Å². The maximum absolute atomic E-state index is 11.8. The summed E-state index contributed by atoms with van der Waals surface area (Å²) in [6, 6.07) is 18.6. The Kier molecular flexibility index (Phi) is 4.09. The molecule has 0 N–H and O–H groups in total. The Bertz CT molecular complexity index is 988. The SMILES string of the molecule is CS(=O)(=O)N1CCC(n2c(-c3ccccc3)nc3ccccc32)CC1. The summed E-state index contributed by atoms with van der Waals surface area (Å²) in [5, 5.41) is 0. The minimum Gasteiger partial charge on any atom is -0.321 e. The molecule has 3 aromatic rings. The summed E-state index contributed by atoms with van der Waals surface area (Å²) in [5.41, 5.74) is 3.18. The molecular weight excluding hydrogens is 334 g/mol. The lowest BCUT2D eigenvalue weighted by Gasteiger charge is -2.32. The molecule has 6 heteroatoms. The van der Waals surface area contributed by atoms with E-state index in [0.717, 1.165) is 35.3 Å². The summed E-state index contributed by atoms with van der Waals surface area (Å²) >= 11 is 0. The fraction of sp³-hybridized carbons (Fsp3) is 0.316. The number of aromatic nitrogens is 2. The predicted octanol–water partition coefficient (Wildman–Crippen LogP) is 3.30. The van der Waals surface area contributed by atoms with Crippen molar-refractivity contribution in [3.05, 3.63) is 54.6 Å². The molecule has 25 heavy (non-hydrogen) atoms. The number of hydrogen-bond donors (Lipinski definition) is 0. The van der Waals surface area contributed by atoms with Gasteiger partial charge in [-0.15, -0.1) is 0 Å². The van der Waals surface area contributed by atoms with Gasteiger partial charge in [-0.2, -0.15) is 0 Å². The van der Waals surface area contributed by atoms with Gasteiger partial charge in [0.05, 0.1) is 17.3 Å². The molecule has 1 saturated heterocycles. The average Bonchev–Trinajstić information content (AvgIpc) is 3.01. The van der Waals surface area contributed by atoms with Crippen LogP contribution in [0, 0.1) is 0 Å². The fourth-order valence-corrected chi connectivity index (χ4v) is 4.51. The molecule has 1 aliphatic rings. The first-order valence-corrected chi connectivity index (χ1v) is 10.4. The lowest BCUT2D eigenvalue weighted by molar-refractivity contribution is 0.280. The topological polar surface area (TPSA) is 55.2 Å². The van der Waals surface area contributed by atoms with Crippen molar-refractivity contribution >= 4 is 21.1 Å². The highest BCUT2D eigenvalue weighted by Crippen LogP contribution is 2.33. The molecule has 0 unspecified atom stereocenters. The highest BCUT2D eigenvalue weighted by atomic mass is 32.2. The first-order chi connectivity index (χ1) is 12.0. The zero-order chi connectivity index (χ0) is 17.4. The second-order valence-electron chi connectivity index (χ2n) is 6.55. The fourth-order valence-electron chi connectivity index (χ4n) is 3.64. The van der Waals surface area contributed by atoms with E-state index in [4.69, 9.17) is 4.98 Å². The van der Waals surface area contributed by atoms with E-state index < -0.39 is 10.0 Å². The van der Waals surface area contributed by atoms with Crippen molar-refractivity contribution in [2.24, 2.45) is 0 Å². The molecule has 4 rings (SSSR count). The molecule has 130 valence electrons. The van der Waals surface area contributed by atoms with Gasteiger partial charge in [-0.3, -0.25) is 0 Å². The van der Waals surface area contributed by atoms with Crippen molar-refractivity contribution in [1.29, 1.82) is 0 Å². The number of imidazole rings is 1. The Morgan fingerprint density at radius 2 is 1.60 bits per heavy atom. The molecule has 0 atom stereocenters. The van der Waals surface area contributed by atoms with Crippen LogP contribution in [0.25, 0.3) is 22.4 Å². The minimum absolute atomic E-state index is 0.251. The number of para-hydroxylation sites is 2. The third-order valence-corrected chi connectivity index (χ3v) is 6.19. The summed E-state index contributed by atoms with van der Waals surface area (Å²) < 4.78 is 27.4. The molecule has 1 aromatic heterocycles. The maximum atomic E-state index is 11.8. The second kappa shape index (κ2) is 6.28.